The van der Waals surface area contributed by atoms with Crippen molar-refractivity contribution in [2.24, 2.45) is 7.05 Å². The second kappa shape index (κ2) is 9.13. The van der Waals surface area contributed by atoms with Crippen molar-refractivity contribution in [2.75, 3.05) is 31.2 Å². The highest BCUT2D eigenvalue weighted by Crippen LogP contribution is 2.38. The second-order valence-corrected chi connectivity index (χ2v) is 9.26. The van der Waals surface area contributed by atoms with Crippen LogP contribution in [0.2, 0.25) is 5.02 Å². The van der Waals surface area contributed by atoms with Crippen LogP contribution in [-0.4, -0.2) is 50.9 Å². The summed E-state index contributed by atoms with van der Waals surface area (Å²) < 4.78 is 22.6. The van der Waals surface area contributed by atoms with Crippen LogP contribution in [0.1, 0.15) is 17.2 Å². The topological polar surface area (TPSA) is 76.3 Å². The number of imidazole rings is 1. The largest absolute Gasteiger partial charge is 0.384 e. The van der Waals surface area contributed by atoms with Gasteiger partial charge in [0.05, 0.1) is 41.8 Å². The number of benzene rings is 3. The Kier molecular flexibility index (Phi) is 5.79. The maximum Gasteiger partial charge on any atom is 0.134 e. The molecule has 1 saturated heterocycles. The van der Waals surface area contributed by atoms with Gasteiger partial charge in [-0.1, -0.05) is 23.7 Å². The summed E-state index contributed by atoms with van der Waals surface area (Å²) in [5.41, 5.74) is 4.99. The predicted octanol–water partition coefficient (Wildman–Crippen LogP) is 4.89. The Morgan fingerprint density at radius 2 is 1.83 bits per heavy atom. The van der Waals surface area contributed by atoms with E-state index in [4.69, 9.17) is 16.3 Å². The first kappa shape index (κ1) is 22.8. The summed E-state index contributed by atoms with van der Waals surface area (Å²) in [5.74, 6) is -0.521. The number of hydrogen-bond acceptors (Lipinski definition) is 6. The van der Waals surface area contributed by atoms with Crippen molar-refractivity contribution in [3.63, 3.8) is 0 Å². The standard InChI is InChI=1S/C27H23ClFN5O2/c1-33-15-32-23-4-2-3-18(26(23)33)27(35)19-12-20(22(29)13-21(19)28)25-17-6-5-16(11-24(17)30-14-31-25)34-7-9-36-10-8-34/h2-6,11-15,27,35H,7-10H2,1H3. The van der Waals surface area contributed by atoms with Gasteiger partial charge in [-0.05, 0) is 36.4 Å². The quantitative estimate of drug-likeness (QED) is 0.376. The number of rotatable bonds is 4. The summed E-state index contributed by atoms with van der Waals surface area (Å²) in [7, 11) is 1.86. The molecule has 2 aromatic heterocycles. The molecule has 9 heteroatoms. The second-order valence-electron chi connectivity index (χ2n) is 8.85. The lowest BCUT2D eigenvalue weighted by Crippen LogP contribution is -2.36. The molecule has 6 rings (SSSR count). The van der Waals surface area contributed by atoms with Gasteiger partial charge in [-0.15, -0.1) is 0 Å². The van der Waals surface area contributed by atoms with Crippen LogP contribution in [-0.2, 0) is 11.8 Å². The van der Waals surface area contributed by atoms with E-state index < -0.39 is 11.9 Å². The van der Waals surface area contributed by atoms with Crippen LogP contribution in [0.15, 0.2) is 61.2 Å². The van der Waals surface area contributed by atoms with Gasteiger partial charge in [-0.25, -0.2) is 19.3 Å². The molecule has 182 valence electrons. The average Bonchev–Trinajstić information content (AvgIpc) is 3.29. The lowest BCUT2D eigenvalue weighted by atomic mass is 9.96. The summed E-state index contributed by atoms with van der Waals surface area (Å²) in [6.07, 6.45) is 2.04. The molecule has 3 heterocycles. The molecule has 0 amide bonds. The van der Waals surface area contributed by atoms with E-state index in [1.807, 2.05) is 48.0 Å². The number of hydrogen-bond donors (Lipinski definition) is 1. The van der Waals surface area contributed by atoms with Crippen molar-refractivity contribution in [1.82, 2.24) is 19.5 Å². The highest BCUT2D eigenvalue weighted by molar-refractivity contribution is 6.31. The maximum absolute atomic E-state index is 15.3. The predicted molar refractivity (Wildman–Crippen MR) is 138 cm³/mol. The van der Waals surface area contributed by atoms with Crippen molar-refractivity contribution in [3.05, 3.63) is 83.2 Å². The first-order valence-electron chi connectivity index (χ1n) is 11.7. The van der Waals surface area contributed by atoms with Crippen LogP contribution in [0.25, 0.3) is 33.2 Å². The van der Waals surface area contributed by atoms with Gasteiger partial charge < -0.3 is 19.3 Å². The third-order valence-corrected chi connectivity index (χ3v) is 7.02. The van der Waals surface area contributed by atoms with Gasteiger partial charge in [-0.2, -0.15) is 0 Å². The van der Waals surface area contributed by atoms with E-state index in [0.717, 1.165) is 29.8 Å². The van der Waals surface area contributed by atoms with Crippen LogP contribution < -0.4 is 4.90 Å². The maximum atomic E-state index is 15.3. The highest BCUT2D eigenvalue weighted by atomic mass is 35.5. The van der Waals surface area contributed by atoms with E-state index in [0.29, 0.717) is 40.9 Å². The number of aliphatic hydroxyl groups is 1. The molecule has 7 nitrogen and oxygen atoms in total. The molecular formula is C27H23ClFN5O2. The molecule has 0 aliphatic carbocycles. The zero-order chi connectivity index (χ0) is 24.8. The van der Waals surface area contributed by atoms with Crippen LogP contribution in [0.4, 0.5) is 10.1 Å². The number of morpholine rings is 1. The molecular weight excluding hydrogens is 481 g/mol. The number of nitrogens with zero attached hydrogens (tertiary/aromatic N) is 5. The normalized spacial score (nSPS) is 15.1. The minimum Gasteiger partial charge on any atom is -0.384 e. The summed E-state index contributed by atoms with van der Waals surface area (Å²) >= 11 is 6.45. The number of aryl methyl sites for hydroxylation is 1. The number of aliphatic hydroxyl groups excluding tert-OH is 1. The van der Waals surface area contributed by atoms with E-state index >= 15 is 4.39 Å². The van der Waals surface area contributed by atoms with Crippen LogP contribution in [0, 0.1) is 5.82 Å². The van der Waals surface area contributed by atoms with E-state index in [-0.39, 0.29) is 10.6 Å². The molecule has 1 unspecified atom stereocenters. The zero-order valence-electron chi connectivity index (χ0n) is 19.5. The van der Waals surface area contributed by atoms with Gasteiger partial charge in [0, 0.05) is 52.9 Å². The number of para-hydroxylation sites is 1. The van der Waals surface area contributed by atoms with Gasteiger partial charge in [0.15, 0.2) is 0 Å². The van der Waals surface area contributed by atoms with Crippen LogP contribution >= 0.6 is 11.6 Å². The Labute approximate surface area is 211 Å². The fraction of sp³-hybridized carbons (Fsp3) is 0.222. The number of aromatic nitrogens is 4. The van der Waals surface area contributed by atoms with Crippen molar-refractivity contribution < 1.29 is 14.2 Å². The molecule has 5 aromatic rings. The smallest absolute Gasteiger partial charge is 0.134 e. The summed E-state index contributed by atoms with van der Waals surface area (Å²) in [6, 6.07) is 14.2. The van der Waals surface area contributed by atoms with E-state index in [1.165, 1.54) is 12.4 Å². The monoisotopic (exact) mass is 503 g/mol. The molecule has 1 aliphatic heterocycles. The summed E-state index contributed by atoms with van der Waals surface area (Å²) in [5, 5.41) is 12.2. The average molecular weight is 504 g/mol. The van der Waals surface area contributed by atoms with Gasteiger partial charge >= 0.3 is 0 Å². The first-order chi connectivity index (χ1) is 17.5. The summed E-state index contributed by atoms with van der Waals surface area (Å²) in [4.78, 5) is 15.5. The van der Waals surface area contributed by atoms with Gasteiger partial charge in [-0.3, -0.25) is 0 Å². The lowest BCUT2D eigenvalue weighted by molar-refractivity contribution is 0.122. The number of fused-ring (bicyclic) bond motifs is 2. The van der Waals surface area contributed by atoms with Crippen LogP contribution in [0.5, 0.6) is 0 Å². The Balaban J connectivity index is 1.45. The Hall–Kier alpha value is -3.59. The molecule has 0 spiro atoms. The zero-order valence-corrected chi connectivity index (χ0v) is 20.3. The Morgan fingerprint density at radius 3 is 2.67 bits per heavy atom. The number of anilines is 1. The van der Waals surface area contributed by atoms with Gasteiger partial charge in [0.2, 0.25) is 0 Å². The molecule has 0 radical (unpaired) electrons. The molecule has 1 atom stereocenters. The Morgan fingerprint density at radius 1 is 1.00 bits per heavy atom. The van der Waals surface area contributed by atoms with Crippen molar-refractivity contribution in [3.8, 4) is 11.3 Å². The SMILES string of the molecule is Cn1cnc2cccc(C(O)c3cc(-c4ncnc5cc(N6CCOCC6)ccc45)c(F)cc3Cl)c21. The van der Waals surface area contributed by atoms with Crippen molar-refractivity contribution in [1.29, 1.82) is 0 Å². The first-order valence-corrected chi connectivity index (χ1v) is 12.0. The third kappa shape index (κ3) is 3.87. The van der Waals surface area contributed by atoms with Gasteiger partial charge in [0.25, 0.3) is 0 Å². The van der Waals surface area contributed by atoms with E-state index in [9.17, 15) is 5.11 Å². The fourth-order valence-electron chi connectivity index (χ4n) is 4.87. The number of ether oxygens (including phenoxy) is 1. The van der Waals surface area contributed by atoms with E-state index in [2.05, 4.69) is 19.9 Å². The van der Waals surface area contributed by atoms with Crippen LogP contribution in [0.3, 0.4) is 0 Å². The molecule has 0 bridgehead atoms. The third-order valence-electron chi connectivity index (χ3n) is 6.70. The molecule has 1 aliphatic rings. The fourth-order valence-corrected chi connectivity index (χ4v) is 5.12. The minimum absolute atomic E-state index is 0.135. The van der Waals surface area contributed by atoms with Crippen molar-refractivity contribution in [2.45, 2.75) is 6.10 Å². The van der Waals surface area contributed by atoms with Crippen molar-refractivity contribution >= 4 is 39.2 Å². The summed E-state index contributed by atoms with van der Waals surface area (Å²) in [6.45, 7) is 2.97. The van der Waals surface area contributed by atoms with Gasteiger partial charge in [0.1, 0.15) is 18.2 Å². The number of halogens is 2. The Bertz CT molecular complexity index is 1600. The molecule has 0 saturated carbocycles. The highest BCUT2D eigenvalue weighted by Gasteiger charge is 2.23. The molecule has 1 fully saturated rings. The minimum atomic E-state index is -1.09. The lowest BCUT2D eigenvalue weighted by Gasteiger charge is -2.29. The molecule has 36 heavy (non-hydrogen) atoms. The molecule has 3 aromatic carbocycles. The molecule has 1 N–H and O–H groups in total. The van der Waals surface area contributed by atoms with E-state index in [1.54, 1.807) is 12.4 Å².